The quantitative estimate of drug-likeness (QED) is 0.743. The molecule has 0 bridgehead atoms. The molecule has 2 aromatic carbocycles. The fourth-order valence-electron chi connectivity index (χ4n) is 2.73. The lowest BCUT2D eigenvalue weighted by Crippen LogP contribution is -2.32. The highest BCUT2D eigenvalue weighted by molar-refractivity contribution is 5.95. The summed E-state index contributed by atoms with van der Waals surface area (Å²) < 4.78 is 28.5. The van der Waals surface area contributed by atoms with Gasteiger partial charge < -0.3 is 14.6 Å². The Hall–Kier alpha value is -3.08. The Morgan fingerprint density at radius 1 is 1.20 bits per heavy atom. The van der Waals surface area contributed by atoms with Crippen LogP contribution in [0.4, 0.5) is 5.69 Å². The third-order valence-corrected chi connectivity index (χ3v) is 4.06. The number of anilines is 1. The van der Waals surface area contributed by atoms with Crippen LogP contribution in [0.5, 0.6) is 0 Å². The van der Waals surface area contributed by atoms with Gasteiger partial charge in [0, 0.05) is 46.9 Å². The van der Waals surface area contributed by atoms with Gasteiger partial charge in [0.25, 0.3) is 0 Å². The molecule has 1 heterocycles. The zero-order chi connectivity index (χ0) is 20.5. The number of hydrogen-bond acceptors (Lipinski definition) is 4. The Labute approximate surface area is 150 Å². The van der Waals surface area contributed by atoms with Crippen molar-refractivity contribution in [2.45, 2.75) is 6.92 Å². The number of likely N-dealkylation sites (N-methyl/N-ethyl adjacent to an activating group) is 2. The van der Waals surface area contributed by atoms with E-state index in [2.05, 4.69) is 5.32 Å². The molecule has 0 radical (unpaired) electrons. The van der Waals surface area contributed by atoms with E-state index in [1.54, 1.807) is 12.1 Å². The average molecular weight is 339 g/mol. The van der Waals surface area contributed by atoms with Crippen LogP contribution in [0.2, 0.25) is 0 Å². The van der Waals surface area contributed by atoms with Gasteiger partial charge in [-0.2, -0.15) is 0 Å². The number of rotatable bonds is 4. The first-order valence-corrected chi connectivity index (χ1v) is 7.83. The largest absolute Gasteiger partial charge is 0.423 e. The van der Waals surface area contributed by atoms with Crippen LogP contribution in [0.3, 0.4) is 0 Å². The van der Waals surface area contributed by atoms with Crippen LogP contribution in [-0.2, 0) is 4.79 Å². The zero-order valence-electron chi connectivity index (χ0n) is 17.0. The van der Waals surface area contributed by atoms with Gasteiger partial charge in [0.2, 0.25) is 5.91 Å². The van der Waals surface area contributed by atoms with Crippen LogP contribution < -0.4 is 15.8 Å². The van der Waals surface area contributed by atoms with Crippen LogP contribution in [0.25, 0.3) is 22.1 Å². The van der Waals surface area contributed by atoms with Crippen LogP contribution >= 0.6 is 0 Å². The van der Waals surface area contributed by atoms with Gasteiger partial charge in [-0.05, 0) is 30.2 Å². The second-order valence-corrected chi connectivity index (χ2v) is 5.73. The first-order valence-electron chi connectivity index (χ1n) is 9.33. The van der Waals surface area contributed by atoms with Crippen molar-refractivity contribution in [1.29, 1.82) is 0 Å². The van der Waals surface area contributed by atoms with Crippen molar-refractivity contribution in [3.05, 3.63) is 64.5 Å². The van der Waals surface area contributed by atoms with Gasteiger partial charge in [0.05, 0.1) is 6.54 Å². The van der Waals surface area contributed by atoms with Crippen molar-refractivity contribution in [2.75, 3.05) is 25.5 Å². The summed E-state index contributed by atoms with van der Waals surface area (Å²) in [6.45, 7) is -0.932. The van der Waals surface area contributed by atoms with E-state index in [9.17, 15) is 9.59 Å². The number of benzene rings is 2. The third-order valence-electron chi connectivity index (χ3n) is 4.06. The number of nitrogens with zero attached hydrogens (tertiary/aromatic N) is 1. The molecule has 1 N–H and O–H groups in total. The summed E-state index contributed by atoms with van der Waals surface area (Å²) in [4.78, 5) is 24.9. The zero-order valence-corrected chi connectivity index (χ0v) is 14.0. The highest BCUT2D eigenvalue weighted by Crippen LogP contribution is 2.31. The summed E-state index contributed by atoms with van der Waals surface area (Å²) in [7, 11) is 1.44. The fraction of sp³-hybridized carbons (Fsp3) is 0.200. The molecule has 0 saturated carbocycles. The molecule has 0 atom stereocenters. The molecule has 128 valence electrons. The molecule has 0 unspecified atom stereocenters. The third kappa shape index (κ3) is 3.40. The minimum Gasteiger partial charge on any atom is -0.423 e. The molecule has 25 heavy (non-hydrogen) atoms. The molecule has 5 heteroatoms. The Bertz CT molecular complexity index is 1090. The summed E-state index contributed by atoms with van der Waals surface area (Å²) in [6, 6.07) is 13.9. The van der Waals surface area contributed by atoms with E-state index in [-0.39, 0.29) is 17.8 Å². The molecule has 3 rings (SSSR count). The Balaban J connectivity index is 2.18. The van der Waals surface area contributed by atoms with Gasteiger partial charge in [-0.3, -0.25) is 4.79 Å². The summed E-state index contributed by atoms with van der Waals surface area (Å²) >= 11 is 0. The summed E-state index contributed by atoms with van der Waals surface area (Å²) in [6.07, 6.45) is 0. The molecule has 5 nitrogen and oxygen atoms in total. The lowest BCUT2D eigenvalue weighted by molar-refractivity contribution is -0.119. The lowest BCUT2D eigenvalue weighted by Gasteiger charge is -2.18. The standard InChI is InChI=1S/C20H20N2O3/c1-13-6-4-5-7-15(13)17-11-20(24)25-18-10-14(8-9-16(17)18)22(3)12-19(23)21-2/h4-11H,12H2,1-3H3,(H,21,23)/i3D3. The molecular weight excluding hydrogens is 316 g/mol. The van der Waals surface area contributed by atoms with Crippen molar-refractivity contribution in [2.24, 2.45) is 0 Å². The smallest absolute Gasteiger partial charge is 0.336 e. The molecule has 3 aromatic rings. The Morgan fingerprint density at radius 3 is 2.72 bits per heavy atom. The van der Waals surface area contributed by atoms with E-state index in [4.69, 9.17) is 8.53 Å². The first-order chi connectivity index (χ1) is 13.2. The molecule has 0 aliphatic rings. The van der Waals surface area contributed by atoms with E-state index >= 15 is 0 Å². The minimum absolute atomic E-state index is 0.259. The van der Waals surface area contributed by atoms with Crippen LogP contribution in [0.15, 0.2) is 57.7 Å². The van der Waals surface area contributed by atoms with Gasteiger partial charge in [0.1, 0.15) is 5.58 Å². The predicted molar refractivity (Wildman–Crippen MR) is 100.0 cm³/mol. The number of carbonyl (C=O) groups is 1. The van der Waals surface area contributed by atoms with Gasteiger partial charge >= 0.3 is 5.63 Å². The Kier molecular flexibility index (Phi) is 3.60. The fourth-order valence-corrected chi connectivity index (χ4v) is 2.73. The van der Waals surface area contributed by atoms with E-state index in [0.29, 0.717) is 10.9 Å². The molecule has 0 saturated heterocycles. The second kappa shape index (κ2) is 6.81. The van der Waals surface area contributed by atoms with Crippen molar-refractivity contribution >= 4 is 22.6 Å². The molecule has 1 amide bonds. The van der Waals surface area contributed by atoms with E-state index in [0.717, 1.165) is 16.0 Å². The number of amides is 1. The maximum absolute atomic E-state index is 12.1. The topological polar surface area (TPSA) is 62.6 Å². The molecular formula is C20H20N2O3. The minimum atomic E-state index is -2.53. The molecule has 0 spiro atoms. The maximum Gasteiger partial charge on any atom is 0.336 e. The number of carbonyl (C=O) groups excluding carboxylic acids is 1. The van der Waals surface area contributed by atoms with Crippen molar-refractivity contribution in [3.8, 4) is 11.1 Å². The number of hydrogen-bond donors (Lipinski definition) is 1. The lowest BCUT2D eigenvalue weighted by atomic mass is 9.98. The highest BCUT2D eigenvalue weighted by Gasteiger charge is 2.12. The van der Waals surface area contributed by atoms with Gasteiger partial charge in [-0.25, -0.2) is 4.79 Å². The normalized spacial score (nSPS) is 13.0. The summed E-state index contributed by atoms with van der Waals surface area (Å²) in [5.41, 5.74) is 2.60. The van der Waals surface area contributed by atoms with Gasteiger partial charge in [-0.15, -0.1) is 0 Å². The molecule has 0 aliphatic carbocycles. The van der Waals surface area contributed by atoms with Crippen LogP contribution in [0.1, 0.15) is 9.68 Å². The SMILES string of the molecule is [2H]C([2H])([2H])N(CC(=O)NC)c1ccc2c(-c3ccccc3C)cc(=O)oc2c1. The number of fused-ring (bicyclic) bond motifs is 1. The van der Waals surface area contributed by atoms with Gasteiger partial charge in [0.15, 0.2) is 0 Å². The van der Waals surface area contributed by atoms with Crippen molar-refractivity contribution in [3.63, 3.8) is 0 Å². The van der Waals surface area contributed by atoms with Gasteiger partial charge in [-0.1, -0.05) is 24.3 Å². The van der Waals surface area contributed by atoms with E-state index in [1.165, 1.54) is 19.2 Å². The van der Waals surface area contributed by atoms with E-state index in [1.807, 2.05) is 31.2 Å². The number of aryl methyl sites for hydroxylation is 1. The average Bonchev–Trinajstić information content (AvgIpc) is 2.64. The van der Waals surface area contributed by atoms with Crippen LogP contribution in [0, 0.1) is 6.92 Å². The molecule has 1 aromatic heterocycles. The summed E-state index contributed by atoms with van der Waals surface area (Å²) in [5, 5.41) is 3.10. The molecule has 0 aliphatic heterocycles. The summed E-state index contributed by atoms with van der Waals surface area (Å²) in [5.74, 6) is -0.439. The maximum atomic E-state index is 12.1. The monoisotopic (exact) mass is 339 g/mol. The van der Waals surface area contributed by atoms with Crippen molar-refractivity contribution in [1.82, 2.24) is 5.32 Å². The van der Waals surface area contributed by atoms with Crippen LogP contribution in [-0.4, -0.2) is 26.5 Å². The Morgan fingerprint density at radius 2 is 2.00 bits per heavy atom. The van der Waals surface area contributed by atoms with E-state index < -0.39 is 18.5 Å². The predicted octanol–water partition coefficient (Wildman–Crippen LogP) is 2.95. The number of nitrogens with one attached hydrogen (secondary N) is 1. The first kappa shape index (κ1) is 13.2. The second-order valence-electron chi connectivity index (χ2n) is 5.73. The molecule has 0 fully saturated rings. The van der Waals surface area contributed by atoms with Crippen molar-refractivity contribution < 1.29 is 13.3 Å². The highest BCUT2D eigenvalue weighted by atomic mass is 16.4.